The maximum absolute atomic E-state index is 10.2. The smallest absolute Gasteiger partial charge is 0.335 e. The first-order valence-corrected chi connectivity index (χ1v) is 2.59. The van der Waals surface area contributed by atoms with Gasteiger partial charge in [0, 0.05) is 45.5 Å². The first kappa shape index (κ1) is 10.2. The van der Waals surface area contributed by atoms with Crippen molar-refractivity contribution in [1.29, 1.82) is 0 Å². The normalized spacial score (nSPS) is 8.00. The molecule has 0 aliphatic rings. The molecule has 0 spiro atoms. The van der Waals surface area contributed by atoms with Crippen LogP contribution in [0.5, 0.6) is 0 Å². The van der Waals surface area contributed by atoms with Crippen molar-refractivity contribution in [2.24, 2.45) is 0 Å². The Kier molecular flexibility index (Phi) is 4.99. The fourth-order valence-corrected chi connectivity index (χ4v) is 0.581. The summed E-state index contributed by atoms with van der Waals surface area (Å²) < 4.78 is 0. The summed E-state index contributed by atoms with van der Waals surface area (Å²) in [6.45, 7) is 0. The van der Waals surface area contributed by atoms with Gasteiger partial charge in [-0.25, -0.2) is 4.79 Å². The minimum Gasteiger partial charge on any atom is -0.478 e. The van der Waals surface area contributed by atoms with Gasteiger partial charge in [0.05, 0.1) is 5.56 Å². The number of rotatable bonds is 1. The predicted octanol–water partition coefficient (Wildman–Crippen LogP) is 1.00. The van der Waals surface area contributed by atoms with Crippen LogP contribution < -0.4 is 0 Å². The van der Waals surface area contributed by atoms with Crippen molar-refractivity contribution in [3.05, 3.63) is 35.9 Å². The molecular formula is C7H6O2Sr. The fraction of sp³-hybridized carbons (Fsp3) is 0. The molecule has 48 valence electrons. The van der Waals surface area contributed by atoms with Crippen LogP contribution in [0.2, 0.25) is 0 Å². The van der Waals surface area contributed by atoms with Crippen LogP contribution in [-0.2, 0) is 0 Å². The third-order valence-corrected chi connectivity index (χ3v) is 1.02. The summed E-state index contributed by atoms with van der Waals surface area (Å²) in [6.07, 6.45) is 0. The van der Waals surface area contributed by atoms with Crippen LogP contribution in [-0.4, -0.2) is 56.6 Å². The SMILES string of the molecule is O=C(O)c1ccccc1.[Sr]. The van der Waals surface area contributed by atoms with E-state index in [4.69, 9.17) is 5.11 Å². The standard InChI is InChI=1S/C7H6O2.Sr/c8-7(9)6-4-2-1-3-5-6;/h1-5H,(H,8,9);. The molecule has 1 rings (SSSR count). The van der Waals surface area contributed by atoms with Crippen LogP contribution in [0.15, 0.2) is 30.3 Å². The monoisotopic (exact) mass is 210 g/mol. The van der Waals surface area contributed by atoms with E-state index >= 15 is 0 Å². The first-order chi connectivity index (χ1) is 4.30. The van der Waals surface area contributed by atoms with Gasteiger partial charge in [-0.3, -0.25) is 0 Å². The summed E-state index contributed by atoms with van der Waals surface area (Å²) in [5.41, 5.74) is 0.331. The molecule has 1 aromatic rings. The van der Waals surface area contributed by atoms with Gasteiger partial charge in [0.1, 0.15) is 0 Å². The molecule has 0 aliphatic heterocycles. The van der Waals surface area contributed by atoms with Gasteiger partial charge in [0.2, 0.25) is 0 Å². The largest absolute Gasteiger partial charge is 0.478 e. The Hall–Kier alpha value is 0.171. The van der Waals surface area contributed by atoms with Crippen molar-refractivity contribution >= 4 is 51.5 Å². The number of hydrogen-bond donors (Lipinski definition) is 1. The van der Waals surface area contributed by atoms with Crippen LogP contribution in [0, 0.1) is 0 Å². The van der Waals surface area contributed by atoms with E-state index in [0.29, 0.717) is 5.56 Å². The van der Waals surface area contributed by atoms with E-state index in [1.54, 1.807) is 30.3 Å². The maximum Gasteiger partial charge on any atom is 0.335 e. The Morgan fingerprint density at radius 1 is 1.20 bits per heavy atom. The molecule has 0 saturated heterocycles. The van der Waals surface area contributed by atoms with Crippen molar-refractivity contribution in [3.8, 4) is 0 Å². The topological polar surface area (TPSA) is 37.3 Å². The number of carboxylic acids is 1. The molecule has 0 fully saturated rings. The molecule has 2 nitrogen and oxygen atoms in total. The Morgan fingerprint density at radius 3 is 2.00 bits per heavy atom. The number of carbonyl (C=O) groups is 1. The Bertz CT molecular complexity index is 208. The second-order valence-electron chi connectivity index (χ2n) is 1.67. The van der Waals surface area contributed by atoms with E-state index in [1.807, 2.05) is 0 Å². The van der Waals surface area contributed by atoms with Crippen LogP contribution in [0.1, 0.15) is 10.4 Å². The molecule has 1 aromatic carbocycles. The van der Waals surface area contributed by atoms with Gasteiger partial charge in [-0.15, -0.1) is 0 Å². The molecule has 0 atom stereocenters. The maximum atomic E-state index is 10.2. The van der Waals surface area contributed by atoms with Gasteiger partial charge < -0.3 is 5.11 Å². The minimum absolute atomic E-state index is 0. The summed E-state index contributed by atoms with van der Waals surface area (Å²) in [5.74, 6) is -0.879. The van der Waals surface area contributed by atoms with Crippen molar-refractivity contribution in [3.63, 3.8) is 0 Å². The van der Waals surface area contributed by atoms with E-state index in [9.17, 15) is 4.79 Å². The molecule has 3 heteroatoms. The van der Waals surface area contributed by atoms with Gasteiger partial charge in [0.15, 0.2) is 0 Å². The average Bonchev–Trinajstić information content (AvgIpc) is 1.90. The molecular weight excluding hydrogens is 204 g/mol. The number of benzene rings is 1. The summed E-state index contributed by atoms with van der Waals surface area (Å²) in [4.78, 5) is 10.2. The molecule has 0 aromatic heterocycles. The number of aromatic carboxylic acids is 1. The Balaban J connectivity index is 0.000000810. The van der Waals surface area contributed by atoms with E-state index in [0.717, 1.165) is 0 Å². The molecule has 0 aliphatic carbocycles. The van der Waals surface area contributed by atoms with Gasteiger partial charge in [0.25, 0.3) is 0 Å². The molecule has 0 bridgehead atoms. The van der Waals surface area contributed by atoms with Crippen molar-refractivity contribution in [1.82, 2.24) is 0 Å². The molecule has 0 heterocycles. The van der Waals surface area contributed by atoms with E-state index in [-0.39, 0.29) is 45.5 Å². The van der Waals surface area contributed by atoms with Crippen molar-refractivity contribution < 1.29 is 9.90 Å². The van der Waals surface area contributed by atoms with E-state index in [1.165, 1.54) is 0 Å². The Labute approximate surface area is 96.1 Å². The van der Waals surface area contributed by atoms with Gasteiger partial charge in [-0.2, -0.15) is 0 Å². The first-order valence-electron chi connectivity index (χ1n) is 2.59. The molecule has 2 radical (unpaired) electrons. The predicted molar refractivity (Wildman–Crippen MR) is 39.2 cm³/mol. The second kappa shape index (κ2) is 4.91. The summed E-state index contributed by atoms with van der Waals surface area (Å²) in [5, 5.41) is 8.38. The fourth-order valence-electron chi connectivity index (χ4n) is 0.581. The second-order valence-corrected chi connectivity index (χ2v) is 1.67. The quantitative estimate of drug-likeness (QED) is 0.701. The van der Waals surface area contributed by atoms with E-state index in [2.05, 4.69) is 0 Å². The minimum atomic E-state index is -0.879. The van der Waals surface area contributed by atoms with Crippen LogP contribution in [0.25, 0.3) is 0 Å². The van der Waals surface area contributed by atoms with Crippen molar-refractivity contribution in [2.75, 3.05) is 0 Å². The zero-order valence-electron chi connectivity index (χ0n) is 5.45. The molecule has 0 amide bonds. The summed E-state index contributed by atoms with van der Waals surface area (Å²) in [7, 11) is 0. The van der Waals surface area contributed by atoms with Crippen molar-refractivity contribution in [2.45, 2.75) is 0 Å². The van der Waals surface area contributed by atoms with Gasteiger partial charge >= 0.3 is 5.97 Å². The third-order valence-electron chi connectivity index (χ3n) is 1.02. The average molecular weight is 210 g/mol. The molecule has 10 heavy (non-hydrogen) atoms. The molecule has 1 N–H and O–H groups in total. The van der Waals surface area contributed by atoms with Crippen LogP contribution >= 0.6 is 0 Å². The summed E-state index contributed by atoms with van der Waals surface area (Å²) in [6, 6.07) is 8.30. The van der Waals surface area contributed by atoms with Crippen LogP contribution in [0.3, 0.4) is 0 Å². The number of hydrogen-bond acceptors (Lipinski definition) is 1. The number of carboxylic acid groups (broad SMARTS) is 1. The van der Waals surface area contributed by atoms with Gasteiger partial charge in [-0.05, 0) is 12.1 Å². The van der Waals surface area contributed by atoms with Gasteiger partial charge in [-0.1, -0.05) is 18.2 Å². The molecule has 0 unspecified atom stereocenters. The Morgan fingerprint density at radius 2 is 1.70 bits per heavy atom. The molecule has 0 saturated carbocycles. The third kappa shape index (κ3) is 2.84. The zero-order chi connectivity index (χ0) is 6.69. The zero-order valence-corrected chi connectivity index (χ0v) is 8.93. The summed E-state index contributed by atoms with van der Waals surface area (Å²) >= 11 is 0. The van der Waals surface area contributed by atoms with Crippen LogP contribution in [0.4, 0.5) is 0 Å². The van der Waals surface area contributed by atoms with E-state index < -0.39 is 5.97 Å².